The number of carbonyl (C=O) groups is 1. The van der Waals surface area contributed by atoms with E-state index in [-0.39, 0.29) is 6.61 Å². The predicted octanol–water partition coefficient (Wildman–Crippen LogP) is 3.11. The third-order valence-corrected chi connectivity index (χ3v) is 2.89. The van der Waals surface area contributed by atoms with Crippen LogP contribution < -0.4 is 0 Å². The van der Waals surface area contributed by atoms with Gasteiger partial charge < -0.3 is 9.47 Å². The molecule has 0 fully saturated rings. The standard InChI is InChI=1S/C14H20O3S/c1-4-7-8-13(5-2)18-12-11-16-9-10-17-14(15)6-3/h4-8H,1,3,9-12H2,2H3/b8-7-,13-5+. The molecule has 0 aliphatic rings. The lowest BCUT2D eigenvalue weighted by molar-refractivity contribution is -0.139. The molecule has 0 aliphatic carbocycles. The lowest BCUT2D eigenvalue weighted by Crippen LogP contribution is -2.09. The predicted molar refractivity (Wildman–Crippen MR) is 77.5 cm³/mol. The number of hydrogen-bond donors (Lipinski definition) is 0. The zero-order chi connectivity index (χ0) is 13.6. The molecule has 0 saturated heterocycles. The largest absolute Gasteiger partial charge is 0.460 e. The van der Waals surface area contributed by atoms with Crippen molar-refractivity contribution in [1.82, 2.24) is 0 Å². The second-order valence-corrected chi connectivity index (χ2v) is 4.29. The molecule has 0 radical (unpaired) electrons. The van der Waals surface area contributed by atoms with E-state index in [1.165, 1.54) is 4.91 Å². The molecular formula is C14H20O3S. The average Bonchev–Trinajstić information content (AvgIpc) is 2.40. The highest BCUT2D eigenvalue weighted by Gasteiger charge is 1.96. The highest BCUT2D eigenvalue weighted by atomic mass is 32.2. The first-order valence-corrected chi connectivity index (χ1v) is 6.68. The van der Waals surface area contributed by atoms with Crippen LogP contribution in [-0.2, 0) is 14.3 Å². The summed E-state index contributed by atoms with van der Waals surface area (Å²) in [6, 6.07) is 0. The van der Waals surface area contributed by atoms with Crippen molar-refractivity contribution in [3.63, 3.8) is 0 Å². The van der Waals surface area contributed by atoms with Gasteiger partial charge in [-0.15, -0.1) is 11.8 Å². The van der Waals surface area contributed by atoms with Crippen molar-refractivity contribution in [2.24, 2.45) is 0 Å². The molecule has 0 rings (SSSR count). The lowest BCUT2D eigenvalue weighted by Gasteiger charge is -2.05. The van der Waals surface area contributed by atoms with Crippen molar-refractivity contribution in [2.75, 3.05) is 25.6 Å². The average molecular weight is 268 g/mol. The van der Waals surface area contributed by atoms with Crippen LogP contribution in [-0.4, -0.2) is 31.5 Å². The first-order chi connectivity index (χ1) is 8.74. The number of hydrogen-bond acceptors (Lipinski definition) is 4. The first kappa shape index (κ1) is 16.7. The van der Waals surface area contributed by atoms with Gasteiger partial charge in [-0.1, -0.05) is 31.4 Å². The van der Waals surface area contributed by atoms with Crippen molar-refractivity contribution in [2.45, 2.75) is 6.92 Å². The number of ether oxygens (including phenoxy) is 2. The molecule has 0 amide bonds. The minimum absolute atomic E-state index is 0.266. The normalized spacial score (nSPS) is 11.5. The zero-order valence-electron chi connectivity index (χ0n) is 10.8. The van der Waals surface area contributed by atoms with Crippen molar-refractivity contribution in [1.29, 1.82) is 0 Å². The molecule has 0 spiro atoms. The molecule has 0 aromatic carbocycles. The minimum Gasteiger partial charge on any atom is -0.460 e. The second kappa shape index (κ2) is 12.2. The molecule has 100 valence electrons. The second-order valence-electron chi connectivity index (χ2n) is 3.12. The summed E-state index contributed by atoms with van der Waals surface area (Å²) in [5.74, 6) is 0.440. The summed E-state index contributed by atoms with van der Waals surface area (Å²) in [7, 11) is 0. The Kier molecular flexibility index (Phi) is 11.3. The summed E-state index contributed by atoms with van der Waals surface area (Å²) in [6.07, 6.45) is 8.83. The van der Waals surface area contributed by atoms with E-state index in [2.05, 4.69) is 13.2 Å². The van der Waals surface area contributed by atoms with Crippen molar-refractivity contribution < 1.29 is 14.3 Å². The number of allylic oxidation sites excluding steroid dienone is 4. The fourth-order valence-electron chi connectivity index (χ4n) is 0.971. The summed E-state index contributed by atoms with van der Waals surface area (Å²) in [4.78, 5) is 11.9. The molecule has 0 aromatic heterocycles. The van der Waals surface area contributed by atoms with E-state index in [4.69, 9.17) is 9.47 Å². The van der Waals surface area contributed by atoms with Crippen LogP contribution in [0.1, 0.15) is 6.92 Å². The van der Waals surface area contributed by atoms with Gasteiger partial charge in [0.25, 0.3) is 0 Å². The van der Waals surface area contributed by atoms with Crippen molar-refractivity contribution in [3.8, 4) is 0 Å². The monoisotopic (exact) mass is 268 g/mol. The highest BCUT2D eigenvalue weighted by Crippen LogP contribution is 2.16. The Morgan fingerprint density at radius 3 is 2.67 bits per heavy atom. The zero-order valence-corrected chi connectivity index (χ0v) is 11.6. The molecule has 0 N–H and O–H groups in total. The van der Waals surface area contributed by atoms with Crippen LogP contribution >= 0.6 is 11.8 Å². The first-order valence-electron chi connectivity index (χ1n) is 5.69. The van der Waals surface area contributed by atoms with Gasteiger partial charge in [-0.3, -0.25) is 0 Å². The van der Waals surface area contributed by atoms with Crippen molar-refractivity contribution >= 4 is 17.7 Å². The maximum Gasteiger partial charge on any atom is 0.330 e. The molecule has 0 unspecified atom stereocenters. The van der Waals surface area contributed by atoms with Crippen LogP contribution in [0.5, 0.6) is 0 Å². The Morgan fingerprint density at radius 1 is 1.28 bits per heavy atom. The molecule has 0 aliphatic heterocycles. The van der Waals surface area contributed by atoms with Crippen LogP contribution in [0.15, 0.2) is 48.4 Å². The van der Waals surface area contributed by atoms with Gasteiger partial charge in [-0.05, 0) is 13.0 Å². The summed E-state index contributed by atoms with van der Waals surface area (Å²) in [5.41, 5.74) is 0. The third-order valence-electron chi connectivity index (χ3n) is 1.82. The molecular weight excluding hydrogens is 248 g/mol. The molecule has 0 heterocycles. The van der Waals surface area contributed by atoms with Gasteiger partial charge >= 0.3 is 5.97 Å². The maximum atomic E-state index is 10.7. The Morgan fingerprint density at radius 2 is 2.06 bits per heavy atom. The fraction of sp³-hybridized carbons (Fsp3) is 0.357. The van der Waals surface area contributed by atoms with Crippen LogP contribution in [0.4, 0.5) is 0 Å². The molecule has 0 bridgehead atoms. The number of esters is 1. The topological polar surface area (TPSA) is 35.5 Å². The summed E-state index contributed by atoms with van der Waals surface area (Å²) >= 11 is 1.71. The molecule has 0 aromatic rings. The fourth-order valence-corrected chi connectivity index (χ4v) is 1.75. The Labute approximate surface area is 113 Å². The van der Waals surface area contributed by atoms with E-state index in [0.29, 0.717) is 13.2 Å². The quantitative estimate of drug-likeness (QED) is 0.264. The highest BCUT2D eigenvalue weighted by molar-refractivity contribution is 8.03. The molecule has 0 atom stereocenters. The number of thioether (sulfide) groups is 1. The molecule has 0 saturated carbocycles. The van der Waals surface area contributed by atoms with E-state index < -0.39 is 5.97 Å². The van der Waals surface area contributed by atoms with Gasteiger partial charge in [0.2, 0.25) is 0 Å². The third kappa shape index (κ3) is 9.93. The summed E-state index contributed by atoms with van der Waals surface area (Å²) < 4.78 is 10.1. The molecule has 3 nitrogen and oxygen atoms in total. The van der Waals surface area contributed by atoms with Crippen LogP contribution in [0.3, 0.4) is 0 Å². The van der Waals surface area contributed by atoms with Gasteiger partial charge in [0.05, 0.1) is 13.2 Å². The molecule has 4 heteroatoms. The minimum atomic E-state index is -0.418. The number of carbonyl (C=O) groups excluding carboxylic acids is 1. The molecule has 18 heavy (non-hydrogen) atoms. The van der Waals surface area contributed by atoms with E-state index in [0.717, 1.165) is 11.8 Å². The smallest absolute Gasteiger partial charge is 0.330 e. The SMILES string of the molecule is C=C/C=C\C(=C/C)SCCOCCOC(=O)C=C. The van der Waals surface area contributed by atoms with Gasteiger partial charge in [-0.25, -0.2) is 4.79 Å². The van der Waals surface area contributed by atoms with E-state index in [1.54, 1.807) is 17.8 Å². The van der Waals surface area contributed by atoms with Gasteiger partial charge in [0.1, 0.15) is 6.61 Å². The summed E-state index contributed by atoms with van der Waals surface area (Å²) in [5, 5.41) is 0. The van der Waals surface area contributed by atoms with Gasteiger partial charge in [0.15, 0.2) is 0 Å². The van der Waals surface area contributed by atoms with E-state index in [1.807, 2.05) is 25.2 Å². The lowest BCUT2D eigenvalue weighted by atomic mass is 10.4. The van der Waals surface area contributed by atoms with Crippen LogP contribution in [0.25, 0.3) is 0 Å². The Balaban J connectivity index is 3.50. The van der Waals surface area contributed by atoms with Crippen molar-refractivity contribution in [3.05, 3.63) is 48.4 Å². The van der Waals surface area contributed by atoms with Gasteiger partial charge in [0, 0.05) is 16.7 Å². The Bertz CT molecular complexity index is 319. The Hall–Kier alpha value is -1.26. The van der Waals surface area contributed by atoms with Crippen LogP contribution in [0, 0.1) is 0 Å². The maximum absolute atomic E-state index is 10.7. The number of rotatable bonds is 10. The van der Waals surface area contributed by atoms with Crippen LogP contribution in [0.2, 0.25) is 0 Å². The summed E-state index contributed by atoms with van der Waals surface area (Å²) in [6.45, 7) is 10.2. The van der Waals surface area contributed by atoms with Gasteiger partial charge in [-0.2, -0.15) is 0 Å². The van der Waals surface area contributed by atoms with E-state index >= 15 is 0 Å². The van der Waals surface area contributed by atoms with E-state index in [9.17, 15) is 4.79 Å².